The number of carbonyl (C=O) groups is 2. The van der Waals surface area contributed by atoms with Gasteiger partial charge >= 0.3 is 0 Å². The molecule has 120 valence electrons. The number of nitrogens with zero attached hydrogens (tertiary/aromatic N) is 2. The van der Waals surface area contributed by atoms with Gasteiger partial charge in [0.05, 0.1) is 0 Å². The highest BCUT2D eigenvalue weighted by atomic mass is 35.5. The molecular weight excluding hydrogens is 335 g/mol. The van der Waals surface area contributed by atoms with Crippen LogP contribution in [0.4, 0.5) is 0 Å². The molecule has 1 heterocycles. The zero-order chi connectivity index (χ0) is 16.7. The first kappa shape index (κ1) is 16.2. The van der Waals surface area contributed by atoms with Gasteiger partial charge in [-0.1, -0.05) is 23.2 Å². The highest BCUT2D eigenvalue weighted by Gasteiger charge is 2.33. The normalized spacial score (nSPS) is 14.2. The molecule has 0 N–H and O–H groups in total. The minimum Gasteiger partial charge on any atom is -0.309 e. The third kappa shape index (κ3) is 2.71. The van der Waals surface area contributed by atoms with E-state index < -0.39 is 0 Å². The first-order valence-corrected chi connectivity index (χ1v) is 8.09. The fraction of sp³-hybridized carbons (Fsp3) is 0.294. The van der Waals surface area contributed by atoms with E-state index in [0.717, 1.165) is 13.0 Å². The molecule has 2 amide bonds. The van der Waals surface area contributed by atoms with Gasteiger partial charge < -0.3 is 4.90 Å². The summed E-state index contributed by atoms with van der Waals surface area (Å²) in [7, 11) is 3.92. The van der Waals surface area contributed by atoms with Gasteiger partial charge in [0, 0.05) is 38.5 Å². The van der Waals surface area contributed by atoms with Crippen molar-refractivity contribution in [2.24, 2.45) is 0 Å². The van der Waals surface area contributed by atoms with E-state index in [4.69, 9.17) is 23.2 Å². The fourth-order valence-corrected chi connectivity index (χ4v) is 3.47. The lowest BCUT2D eigenvalue weighted by Gasteiger charge is -2.28. The van der Waals surface area contributed by atoms with Crippen LogP contribution < -0.4 is 0 Å². The first-order valence-electron chi connectivity index (χ1n) is 7.33. The molecule has 0 aliphatic carbocycles. The molecule has 23 heavy (non-hydrogen) atoms. The third-order valence-corrected chi connectivity index (χ3v) is 4.63. The molecule has 0 spiro atoms. The highest BCUT2D eigenvalue weighted by Crippen LogP contribution is 2.38. The Bertz CT molecular complexity index is 761. The third-order valence-electron chi connectivity index (χ3n) is 4.00. The van der Waals surface area contributed by atoms with E-state index in [2.05, 4.69) is 0 Å². The number of halogens is 2. The van der Waals surface area contributed by atoms with Crippen molar-refractivity contribution in [3.63, 3.8) is 0 Å². The molecule has 2 aromatic carbocycles. The molecule has 0 saturated heterocycles. The van der Waals surface area contributed by atoms with Crippen molar-refractivity contribution in [2.75, 3.05) is 27.2 Å². The number of imide groups is 1. The highest BCUT2D eigenvalue weighted by molar-refractivity contribution is 6.44. The zero-order valence-electron chi connectivity index (χ0n) is 12.9. The molecule has 0 fully saturated rings. The second-order valence-electron chi connectivity index (χ2n) is 5.86. The van der Waals surface area contributed by atoms with Gasteiger partial charge in [-0.15, -0.1) is 0 Å². The zero-order valence-corrected chi connectivity index (χ0v) is 14.4. The lowest BCUT2D eigenvalue weighted by molar-refractivity contribution is 0.0606. The van der Waals surface area contributed by atoms with Crippen LogP contribution in [0.15, 0.2) is 24.3 Å². The molecular formula is C17H16Cl2N2O2. The summed E-state index contributed by atoms with van der Waals surface area (Å²) in [5.41, 5.74) is 0.956. The Morgan fingerprint density at radius 2 is 1.43 bits per heavy atom. The Labute approximate surface area is 144 Å². The summed E-state index contributed by atoms with van der Waals surface area (Å²) in [5, 5.41) is 2.01. The average Bonchev–Trinajstić information content (AvgIpc) is 2.49. The van der Waals surface area contributed by atoms with Gasteiger partial charge in [0.2, 0.25) is 0 Å². The van der Waals surface area contributed by atoms with Crippen molar-refractivity contribution in [1.29, 1.82) is 0 Å². The van der Waals surface area contributed by atoms with Crippen molar-refractivity contribution >= 4 is 45.8 Å². The second kappa shape index (κ2) is 6.11. The van der Waals surface area contributed by atoms with Crippen LogP contribution in [0.3, 0.4) is 0 Å². The van der Waals surface area contributed by atoms with Crippen LogP contribution >= 0.6 is 23.2 Å². The Morgan fingerprint density at radius 3 is 1.91 bits per heavy atom. The minimum atomic E-state index is -0.287. The van der Waals surface area contributed by atoms with Crippen molar-refractivity contribution < 1.29 is 9.59 Å². The van der Waals surface area contributed by atoms with E-state index in [9.17, 15) is 9.59 Å². The van der Waals surface area contributed by atoms with Gasteiger partial charge in [-0.2, -0.15) is 0 Å². The molecule has 3 rings (SSSR count). The maximum Gasteiger partial charge on any atom is 0.261 e. The summed E-state index contributed by atoms with van der Waals surface area (Å²) in [6.07, 6.45) is 0.726. The smallest absolute Gasteiger partial charge is 0.261 e. The molecule has 0 unspecified atom stereocenters. The van der Waals surface area contributed by atoms with Crippen LogP contribution in [0.25, 0.3) is 10.8 Å². The largest absolute Gasteiger partial charge is 0.309 e. The van der Waals surface area contributed by atoms with Gasteiger partial charge in [0.25, 0.3) is 11.8 Å². The van der Waals surface area contributed by atoms with Crippen LogP contribution in [-0.2, 0) is 0 Å². The molecule has 2 aromatic rings. The summed E-state index contributed by atoms with van der Waals surface area (Å²) in [4.78, 5) is 28.8. The minimum absolute atomic E-state index is 0.287. The first-order chi connectivity index (χ1) is 10.9. The molecule has 1 aliphatic rings. The van der Waals surface area contributed by atoms with Crippen molar-refractivity contribution in [3.8, 4) is 0 Å². The summed E-state index contributed by atoms with van der Waals surface area (Å²) in [6.45, 7) is 1.20. The molecule has 0 bridgehead atoms. The van der Waals surface area contributed by atoms with Crippen LogP contribution in [0.5, 0.6) is 0 Å². The van der Waals surface area contributed by atoms with Gasteiger partial charge in [0.15, 0.2) is 0 Å². The number of hydrogen-bond donors (Lipinski definition) is 0. The van der Waals surface area contributed by atoms with E-state index in [1.54, 1.807) is 24.3 Å². The van der Waals surface area contributed by atoms with Crippen molar-refractivity contribution in [3.05, 3.63) is 45.4 Å². The lowest BCUT2D eigenvalue weighted by Crippen LogP contribution is -2.41. The molecule has 0 atom stereocenters. The molecule has 0 radical (unpaired) electrons. The predicted molar refractivity (Wildman–Crippen MR) is 92.5 cm³/mol. The van der Waals surface area contributed by atoms with Gasteiger partial charge in [-0.3, -0.25) is 14.5 Å². The Kier molecular flexibility index (Phi) is 4.32. The lowest BCUT2D eigenvalue weighted by atomic mass is 9.94. The van der Waals surface area contributed by atoms with Crippen LogP contribution in [0.2, 0.25) is 10.0 Å². The van der Waals surface area contributed by atoms with Crippen LogP contribution in [-0.4, -0.2) is 48.8 Å². The molecule has 0 saturated carbocycles. The fourth-order valence-electron chi connectivity index (χ4n) is 2.90. The maximum absolute atomic E-state index is 12.7. The van der Waals surface area contributed by atoms with Crippen LogP contribution in [0.1, 0.15) is 27.1 Å². The summed E-state index contributed by atoms with van der Waals surface area (Å²) in [6, 6.07) is 6.64. The average molecular weight is 351 g/mol. The summed E-state index contributed by atoms with van der Waals surface area (Å²) >= 11 is 12.4. The Hall–Kier alpha value is -1.62. The predicted octanol–water partition coefficient (Wildman–Crippen LogP) is 3.69. The van der Waals surface area contributed by atoms with Gasteiger partial charge in [-0.25, -0.2) is 0 Å². The SMILES string of the molecule is CN(C)CCCN1C(=O)c2ccc(Cl)c3c(Cl)ccc(c23)C1=O. The number of hydrogen-bond acceptors (Lipinski definition) is 3. The van der Waals surface area contributed by atoms with Crippen molar-refractivity contribution in [2.45, 2.75) is 6.42 Å². The standard InChI is InChI=1S/C17H16Cl2N2O2/c1-20(2)8-3-9-21-16(22)10-4-6-12(18)15-13(19)7-5-11(14(10)15)17(21)23/h4-7H,3,8-9H2,1-2H3. The topological polar surface area (TPSA) is 40.6 Å². The number of amides is 2. The van der Waals surface area contributed by atoms with E-state index in [0.29, 0.717) is 38.5 Å². The Balaban J connectivity index is 2.08. The number of carbonyl (C=O) groups excluding carboxylic acids is 2. The van der Waals surface area contributed by atoms with E-state index in [1.807, 2.05) is 19.0 Å². The summed E-state index contributed by atoms with van der Waals surface area (Å²) < 4.78 is 0. The monoisotopic (exact) mass is 350 g/mol. The van der Waals surface area contributed by atoms with E-state index >= 15 is 0 Å². The second-order valence-corrected chi connectivity index (χ2v) is 6.67. The molecule has 4 nitrogen and oxygen atoms in total. The van der Waals surface area contributed by atoms with Gasteiger partial charge in [0.1, 0.15) is 0 Å². The molecule has 1 aliphatic heterocycles. The molecule has 0 aromatic heterocycles. The number of rotatable bonds is 4. The van der Waals surface area contributed by atoms with E-state index in [-0.39, 0.29) is 11.8 Å². The molecule has 6 heteroatoms. The van der Waals surface area contributed by atoms with Crippen molar-refractivity contribution in [1.82, 2.24) is 9.80 Å². The van der Waals surface area contributed by atoms with E-state index in [1.165, 1.54) is 4.90 Å². The Morgan fingerprint density at radius 1 is 0.913 bits per heavy atom. The van der Waals surface area contributed by atoms with Crippen LogP contribution in [0, 0.1) is 0 Å². The summed E-state index contributed by atoms with van der Waals surface area (Å²) in [5.74, 6) is -0.574. The van der Waals surface area contributed by atoms with Gasteiger partial charge in [-0.05, 0) is 51.3 Å². The maximum atomic E-state index is 12.7. The quantitative estimate of drug-likeness (QED) is 0.789. The number of benzene rings is 2.